The number of carbonyl (C=O) groups excluding carboxylic acids is 1. The van der Waals surface area contributed by atoms with E-state index in [1.54, 1.807) is 0 Å². The Morgan fingerprint density at radius 2 is 2.32 bits per heavy atom. The number of nitrogen functional groups attached to an aromatic ring is 1. The van der Waals surface area contributed by atoms with E-state index in [2.05, 4.69) is 25.5 Å². The van der Waals surface area contributed by atoms with Gasteiger partial charge in [0, 0.05) is 5.56 Å². The van der Waals surface area contributed by atoms with Gasteiger partial charge in [-0.3, -0.25) is 4.79 Å². The Morgan fingerprint density at radius 3 is 2.95 bits per heavy atom. The molecule has 2 rings (SSSR count). The van der Waals surface area contributed by atoms with E-state index in [0.717, 1.165) is 6.21 Å². The summed E-state index contributed by atoms with van der Waals surface area (Å²) in [5, 5.41) is 10.2. The monoisotopic (exact) mass is 283 g/mol. The number of nitrogens with two attached hydrogens (primary N) is 1. The minimum atomic E-state index is -0.734. The van der Waals surface area contributed by atoms with Crippen LogP contribution in [0, 0.1) is 5.82 Å². The van der Waals surface area contributed by atoms with Gasteiger partial charge < -0.3 is 5.73 Å². The normalized spacial score (nSPS) is 10.8. The summed E-state index contributed by atoms with van der Waals surface area (Å²) in [5.41, 5.74) is 7.24. The van der Waals surface area contributed by atoms with Crippen molar-refractivity contribution in [2.24, 2.45) is 5.10 Å². The van der Waals surface area contributed by atoms with E-state index < -0.39 is 11.7 Å². The van der Waals surface area contributed by atoms with Crippen LogP contribution in [0.2, 0.25) is 5.02 Å². The van der Waals surface area contributed by atoms with Gasteiger partial charge in [0.25, 0.3) is 5.91 Å². The van der Waals surface area contributed by atoms with Crippen molar-refractivity contribution < 1.29 is 13.8 Å². The van der Waals surface area contributed by atoms with E-state index in [4.69, 9.17) is 17.3 Å². The number of amides is 1. The van der Waals surface area contributed by atoms with Gasteiger partial charge in [-0.05, 0) is 22.4 Å². The van der Waals surface area contributed by atoms with E-state index in [0.29, 0.717) is 0 Å². The number of nitrogens with one attached hydrogen (secondary N) is 1. The van der Waals surface area contributed by atoms with Crippen molar-refractivity contribution in [2.75, 3.05) is 5.73 Å². The molecular weight excluding hydrogens is 277 g/mol. The minimum Gasteiger partial charge on any atom is -0.379 e. The molecular formula is C10H7ClFN5O2. The van der Waals surface area contributed by atoms with Gasteiger partial charge in [-0.25, -0.2) is 14.4 Å². The summed E-state index contributed by atoms with van der Waals surface area (Å²) in [7, 11) is 0. The highest BCUT2D eigenvalue weighted by Crippen LogP contribution is 2.16. The van der Waals surface area contributed by atoms with Gasteiger partial charge >= 0.3 is 0 Å². The summed E-state index contributed by atoms with van der Waals surface area (Å²) in [6.07, 6.45) is 1.07. The van der Waals surface area contributed by atoms with Crippen LogP contribution in [-0.4, -0.2) is 22.4 Å². The number of carbonyl (C=O) groups is 1. The second-order valence-electron chi connectivity index (χ2n) is 3.33. The molecule has 98 valence electrons. The molecule has 0 saturated heterocycles. The largest absolute Gasteiger partial charge is 0.379 e. The van der Waals surface area contributed by atoms with Crippen molar-refractivity contribution in [1.82, 2.24) is 15.7 Å². The van der Waals surface area contributed by atoms with Crippen molar-refractivity contribution in [3.05, 3.63) is 40.3 Å². The summed E-state index contributed by atoms with van der Waals surface area (Å²) in [5.74, 6) is -1.47. The first-order chi connectivity index (χ1) is 9.09. The first-order valence-corrected chi connectivity index (χ1v) is 5.33. The maximum atomic E-state index is 13.4. The standard InChI is InChI=1S/C10H7ClFN5O2/c11-6-2-1-3-7(12)5(6)4-14-15-10(18)8-9(13)17-19-16-8/h1-4H,(H2,13,17)(H,15,18)/b14-4+. The van der Waals surface area contributed by atoms with Gasteiger partial charge in [-0.2, -0.15) is 5.10 Å². The number of hydrogen-bond acceptors (Lipinski definition) is 6. The molecule has 0 fully saturated rings. The third kappa shape index (κ3) is 2.86. The van der Waals surface area contributed by atoms with Gasteiger partial charge in [-0.1, -0.05) is 17.7 Å². The fourth-order valence-electron chi connectivity index (χ4n) is 1.20. The molecule has 0 unspecified atom stereocenters. The number of nitrogens with zero attached hydrogens (tertiary/aromatic N) is 3. The Kier molecular flexibility index (Phi) is 3.71. The molecule has 1 amide bonds. The van der Waals surface area contributed by atoms with Crippen molar-refractivity contribution in [1.29, 1.82) is 0 Å². The molecule has 2 aromatic rings. The number of rotatable bonds is 3. The molecule has 0 atom stereocenters. The van der Waals surface area contributed by atoms with Crippen LogP contribution < -0.4 is 11.2 Å². The van der Waals surface area contributed by atoms with E-state index >= 15 is 0 Å². The number of aromatic nitrogens is 2. The Balaban J connectivity index is 2.09. The van der Waals surface area contributed by atoms with Crippen LogP contribution in [0.25, 0.3) is 0 Å². The summed E-state index contributed by atoms with van der Waals surface area (Å²) in [6, 6.07) is 4.16. The number of hydrazone groups is 1. The number of halogens is 2. The van der Waals surface area contributed by atoms with Gasteiger partial charge in [0.15, 0.2) is 0 Å². The average Bonchev–Trinajstić information content (AvgIpc) is 2.79. The van der Waals surface area contributed by atoms with Crippen LogP contribution in [0.4, 0.5) is 10.2 Å². The van der Waals surface area contributed by atoms with E-state index in [-0.39, 0.29) is 22.1 Å². The molecule has 0 aliphatic carbocycles. The van der Waals surface area contributed by atoms with Crippen LogP contribution in [0.15, 0.2) is 27.9 Å². The number of benzene rings is 1. The Hall–Kier alpha value is -2.48. The molecule has 1 heterocycles. The third-order valence-electron chi connectivity index (χ3n) is 2.09. The zero-order valence-electron chi connectivity index (χ0n) is 9.30. The molecule has 19 heavy (non-hydrogen) atoms. The Bertz CT molecular complexity index is 622. The fraction of sp³-hybridized carbons (Fsp3) is 0. The highest BCUT2D eigenvalue weighted by atomic mass is 35.5. The summed E-state index contributed by atoms with van der Waals surface area (Å²) in [6.45, 7) is 0. The van der Waals surface area contributed by atoms with Gasteiger partial charge in [-0.15, -0.1) is 0 Å². The second kappa shape index (κ2) is 5.44. The number of hydrogen-bond donors (Lipinski definition) is 2. The zero-order chi connectivity index (χ0) is 13.8. The average molecular weight is 284 g/mol. The van der Waals surface area contributed by atoms with Crippen LogP contribution in [-0.2, 0) is 0 Å². The number of anilines is 1. The molecule has 1 aromatic carbocycles. The van der Waals surface area contributed by atoms with E-state index in [9.17, 15) is 9.18 Å². The minimum absolute atomic E-state index is 0.0516. The lowest BCUT2D eigenvalue weighted by molar-refractivity contribution is 0.0946. The lowest BCUT2D eigenvalue weighted by atomic mass is 10.2. The molecule has 0 spiro atoms. The summed E-state index contributed by atoms with van der Waals surface area (Å²) >= 11 is 5.77. The van der Waals surface area contributed by atoms with Crippen LogP contribution in [0.5, 0.6) is 0 Å². The van der Waals surface area contributed by atoms with Gasteiger partial charge in [0.2, 0.25) is 11.5 Å². The maximum absolute atomic E-state index is 13.4. The highest BCUT2D eigenvalue weighted by Gasteiger charge is 2.15. The summed E-state index contributed by atoms with van der Waals surface area (Å²) in [4.78, 5) is 11.5. The first kappa shape index (κ1) is 13.0. The van der Waals surface area contributed by atoms with Crippen molar-refractivity contribution >= 4 is 29.5 Å². The summed E-state index contributed by atoms with van der Waals surface area (Å²) < 4.78 is 17.6. The molecule has 9 heteroatoms. The topological polar surface area (TPSA) is 106 Å². The molecule has 0 aliphatic heterocycles. The quantitative estimate of drug-likeness (QED) is 0.650. The van der Waals surface area contributed by atoms with Crippen LogP contribution >= 0.6 is 11.6 Å². The van der Waals surface area contributed by atoms with Crippen LogP contribution in [0.3, 0.4) is 0 Å². The third-order valence-corrected chi connectivity index (χ3v) is 2.42. The predicted octanol–water partition coefficient (Wildman–Crippen LogP) is 1.21. The highest BCUT2D eigenvalue weighted by molar-refractivity contribution is 6.33. The Morgan fingerprint density at radius 1 is 1.53 bits per heavy atom. The first-order valence-electron chi connectivity index (χ1n) is 4.95. The molecule has 7 nitrogen and oxygen atoms in total. The molecule has 0 radical (unpaired) electrons. The second-order valence-corrected chi connectivity index (χ2v) is 3.74. The predicted molar refractivity (Wildman–Crippen MR) is 65.2 cm³/mol. The lowest BCUT2D eigenvalue weighted by Gasteiger charge is -1.99. The molecule has 0 saturated carbocycles. The smallest absolute Gasteiger partial charge is 0.297 e. The molecule has 0 aliphatic rings. The maximum Gasteiger partial charge on any atom is 0.297 e. The van der Waals surface area contributed by atoms with E-state index in [1.807, 2.05) is 0 Å². The zero-order valence-corrected chi connectivity index (χ0v) is 10.1. The van der Waals surface area contributed by atoms with Crippen molar-refractivity contribution in [3.8, 4) is 0 Å². The van der Waals surface area contributed by atoms with E-state index in [1.165, 1.54) is 18.2 Å². The van der Waals surface area contributed by atoms with Gasteiger partial charge in [0.05, 0.1) is 11.2 Å². The van der Waals surface area contributed by atoms with Crippen LogP contribution in [0.1, 0.15) is 16.1 Å². The van der Waals surface area contributed by atoms with Crippen molar-refractivity contribution in [3.63, 3.8) is 0 Å². The van der Waals surface area contributed by atoms with Crippen molar-refractivity contribution in [2.45, 2.75) is 0 Å². The fourth-order valence-corrected chi connectivity index (χ4v) is 1.41. The van der Waals surface area contributed by atoms with Gasteiger partial charge in [0.1, 0.15) is 5.82 Å². The lowest BCUT2D eigenvalue weighted by Crippen LogP contribution is -2.19. The molecule has 0 bridgehead atoms. The Labute approximate surface area is 111 Å². The molecule has 1 aromatic heterocycles. The molecule has 3 N–H and O–H groups in total. The SMILES string of the molecule is Nc1nonc1C(=O)N/N=C/c1c(F)cccc1Cl.